The van der Waals surface area contributed by atoms with Crippen molar-refractivity contribution in [1.29, 1.82) is 0 Å². The quantitative estimate of drug-likeness (QED) is 0.754. The lowest BCUT2D eigenvalue weighted by Gasteiger charge is -2.28. The maximum Gasteiger partial charge on any atom is 0.224 e. The van der Waals surface area contributed by atoms with Gasteiger partial charge in [0.1, 0.15) is 0 Å². The molecule has 1 heterocycles. The molecular weight excluding hydrogens is 322 g/mol. The van der Waals surface area contributed by atoms with Crippen LogP contribution >= 0.6 is 0 Å². The summed E-state index contributed by atoms with van der Waals surface area (Å²) in [6.45, 7) is 5.71. The Morgan fingerprint density at radius 3 is 2.58 bits per heavy atom. The fraction of sp³-hybridized carbons (Fsp3) is 0.409. The second-order valence-electron chi connectivity index (χ2n) is 7.16. The van der Waals surface area contributed by atoms with E-state index >= 15 is 0 Å². The van der Waals surface area contributed by atoms with E-state index in [-0.39, 0.29) is 17.9 Å². The molecule has 0 saturated carbocycles. The van der Waals surface area contributed by atoms with Crippen molar-refractivity contribution < 1.29 is 4.79 Å². The molecule has 0 fully saturated rings. The number of rotatable bonds is 7. The predicted octanol–water partition coefficient (Wildman–Crippen LogP) is 2.89. The molecule has 0 aliphatic carbocycles. The lowest BCUT2D eigenvalue weighted by Crippen LogP contribution is -2.37. The third-order valence-corrected chi connectivity index (χ3v) is 5.30. The lowest BCUT2D eigenvalue weighted by molar-refractivity contribution is -0.125. The van der Waals surface area contributed by atoms with Gasteiger partial charge < -0.3 is 11.1 Å². The average Bonchev–Trinajstić information content (AvgIpc) is 2.70. The van der Waals surface area contributed by atoms with Crippen LogP contribution in [0, 0.1) is 5.92 Å². The normalized spacial score (nSPS) is 16.5. The van der Waals surface area contributed by atoms with Crippen LogP contribution < -0.4 is 11.1 Å². The van der Waals surface area contributed by atoms with E-state index in [4.69, 9.17) is 5.73 Å². The van der Waals surface area contributed by atoms with Gasteiger partial charge in [0.05, 0.1) is 5.92 Å². The molecule has 138 valence electrons. The van der Waals surface area contributed by atoms with Crippen LogP contribution in [0.1, 0.15) is 36.1 Å². The first-order chi connectivity index (χ1) is 12.6. The summed E-state index contributed by atoms with van der Waals surface area (Å²) in [5.74, 6) is -0.204. The number of carbonyl (C=O) groups excluding carboxylic acids is 1. The minimum Gasteiger partial charge on any atom is -0.356 e. The molecule has 0 saturated heterocycles. The Balaban J connectivity index is 1.39. The van der Waals surface area contributed by atoms with Gasteiger partial charge in [0.2, 0.25) is 5.91 Å². The van der Waals surface area contributed by atoms with Gasteiger partial charge in [0.25, 0.3) is 0 Å². The van der Waals surface area contributed by atoms with Crippen LogP contribution in [0.15, 0.2) is 54.6 Å². The number of nitrogens with one attached hydrogen (secondary N) is 1. The minimum atomic E-state index is -0.269. The second-order valence-corrected chi connectivity index (χ2v) is 7.16. The smallest absolute Gasteiger partial charge is 0.224 e. The predicted molar refractivity (Wildman–Crippen MR) is 106 cm³/mol. The first-order valence-electron chi connectivity index (χ1n) is 9.52. The van der Waals surface area contributed by atoms with Gasteiger partial charge >= 0.3 is 0 Å². The van der Waals surface area contributed by atoms with E-state index in [9.17, 15) is 4.79 Å². The summed E-state index contributed by atoms with van der Waals surface area (Å²) < 4.78 is 0. The summed E-state index contributed by atoms with van der Waals surface area (Å²) in [6.07, 6.45) is 2.08. The molecule has 3 rings (SSSR count). The monoisotopic (exact) mass is 351 g/mol. The molecule has 2 unspecified atom stereocenters. The molecule has 0 aromatic heterocycles. The van der Waals surface area contributed by atoms with Crippen LogP contribution in [0.3, 0.4) is 0 Å². The summed E-state index contributed by atoms with van der Waals surface area (Å²) in [4.78, 5) is 14.8. The molecule has 4 heteroatoms. The van der Waals surface area contributed by atoms with Crippen molar-refractivity contribution in [3.05, 3.63) is 71.3 Å². The zero-order valence-electron chi connectivity index (χ0n) is 15.5. The third kappa shape index (κ3) is 4.71. The van der Waals surface area contributed by atoms with E-state index in [1.807, 2.05) is 37.3 Å². The lowest BCUT2D eigenvalue weighted by atomic mass is 9.94. The molecule has 0 bridgehead atoms. The van der Waals surface area contributed by atoms with Gasteiger partial charge in [-0.05, 0) is 29.5 Å². The summed E-state index contributed by atoms with van der Waals surface area (Å²) in [5.41, 5.74) is 10.1. The van der Waals surface area contributed by atoms with Crippen LogP contribution in [-0.4, -0.2) is 30.4 Å². The molecule has 3 N–H and O–H groups in total. The molecule has 0 radical (unpaired) electrons. The Bertz CT molecular complexity index is 716. The molecule has 1 aliphatic rings. The highest BCUT2D eigenvalue weighted by Crippen LogP contribution is 2.20. The maximum absolute atomic E-state index is 12.4. The fourth-order valence-corrected chi connectivity index (χ4v) is 3.55. The molecule has 1 amide bonds. The van der Waals surface area contributed by atoms with E-state index in [1.54, 1.807) is 0 Å². The van der Waals surface area contributed by atoms with Crippen LogP contribution in [0.5, 0.6) is 0 Å². The highest BCUT2D eigenvalue weighted by Gasteiger charge is 2.22. The Labute approximate surface area is 156 Å². The van der Waals surface area contributed by atoms with Crippen molar-refractivity contribution in [3.8, 4) is 0 Å². The largest absolute Gasteiger partial charge is 0.356 e. The van der Waals surface area contributed by atoms with E-state index in [0.29, 0.717) is 6.54 Å². The maximum atomic E-state index is 12.4. The number of amides is 1. The third-order valence-electron chi connectivity index (χ3n) is 5.30. The molecule has 2 aromatic rings. The molecule has 26 heavy (non-hydrogen) atoms. The summed E-state index contributed by atoms with van der Waals surface area (Å²) in [5, 5.41) is 3.05. The molecule has 1 aliphatic heterocycles. The van der Waals surface area contributed by atoms with Gasteiger partial charge in [-0.3, -0.25) is 9.69 Å². The Kier molecular flexibility index (Phi) is 6.42. The van der Waals surface area contributed by atoms with Gasteiger partial charge in [-0.1, -0.05) is 61.5 Å². The summed E-state index contributed by atoms with van der Waals surface area (Å²) >= 11 is 0. The van der Waals surface area contributed by atoms with Crippen molar-refractivity contribution in [2.45, 2.75) is 32.4 Å². The number of hydrogen-bond donors (Lipinski definition) is 2. The van der Waals surface area contributed by atoms with Crippen molar-refractivity contribution in [2.24, 2.45) is 11.7 Å². The molecule has 2 aromatic carbocycles. The zero-order chi connectivity index (χ0) is 18.4. The number of carbonyl (C=O) groups is 1. The summed E-state index contributed by atoms with van der Waals surface area (Å²) in [7, 11) is 0. The highest BCUT2D eigenvalue weighted by atomic mass is 16.1. The van der Waals surface area contributed by atoms with E-state index in [1.165, 1.54) is 11.1 Å². The first-order valence-corrected chi connectivity index (χ1v) is 9.52. The number of nitrogens with two attached hydrogens (primary N) is 1. The van der Waals surface area contributed by atoms with Gasteiger partial charge in [0.15, 0.2) is 0 Å². The van der Waals surface area contributed by atoms with Crippen molar-refractivity contribution in [3.63, 3.8) is 0 Å². The van der Waals surface area contributed by atoms with Gasteiger partial charge in [-0.2, -0.15) is 0 Å². The number of hydrogen-bond acceptors (Lipinski definition) is 3. The average molecular weight is 351 g/mol. The molecular formula is C22H29N3O. The SMILES string of the molecule is CC(C(=O)NCCCN1CCc2ccccc2C1)C(N)c1ccccc1. The van der Waals surface area contributed by atoms with Crippen LogP contribution in [0.25, 0.3) is 0 Å². The van der Waals surface area contributed by atoms with Crippen LogP contribution in [-0.2, 0) is 17.8 Å². The number of nitrogens with zero attached hydrogens (tertiary/aromatic N) is 1. The van der Waals surface area contributed by atoms with E-state index < -0.39 is 0 Å². The first kappa shape index (κ1) is 18.6. The molecule has 0 spiro atoms. The van der Waals surface area contributed by atoms with Crippen molar-refractivity contribution >= 4 is 5.91 Å². The second kappa shape index (κ2) is 8.97. The van der Waals surface area contributed by atoms with Crippen LogP contribution in [0.2, 0.25) is 0 Å². The minimum absolute atomic E-state index is 0.0327. The van der Waals surface area contributed by atoms with E-state index in [0.717, 1.165) is 38.0 Å². The molecule has 2 atom stereocenters. The Hall–Kier alpha value is -2.17. The zero-order valence-corrected chi connectivity index (χ0v) is 15.5. The summed E-state index contributed by atoms with van der Waals surface area (Å²) in [6, 6.07) is 18.2. The van der Waals surface area contributed by atoms with Gasteiger partial charge in [-0.15, -0.1) is 0 Å². The number of fused-ring (bicyclic) bond motifs is 1. The topological polar surface area (TPSA) is 58.4 Å². The molecule has 4 nitrogen and oxygen atoms in total. The van der Waals surface area contributed by atoms with Crippen molar-refractivity contribution in [1.82, 2.24) is 10.2 Å². The highest BCUT2D eigenvalue weighted by molar-refractivity contribution is 5.79. The Morgan fingerprint density at radius 2 is 1.81 bits per heavy atom. The van der Waals surface area contributed by atoms with Gasteiger partial charge in [0, 0.05) is 32.2 Å². The Morgan fingerprint density at radius 1 is 1.12 bits per heavy atom. The van der Waals surface area contributed by atoms with E-state index in [2.05, 4.69) is 34.5 Å². The fourth-order valence-electron chi connectivity index (χ4n) is 3.55. The van der Waals surface area contributed by atoms with Crippen molar-refractivity contribution in [2.75, 3.05) is 19.6 Å². The number of benzene rings is 2. The van der Waals surface area contributed by atoms with Crippen LogP contribution in [0.4, 0.5) is 0 Å². The van der Waals surface area contributed by atoms with Gasteiger partial charge in [-0.25, -0.2) is 0 Å². The standard InChI is InChI=1S/C22H29N3O/c1-17(21(23)19-9-3-2-4-10-19)22(26)24-13-7-14-25-15-12-18-8-5-6-11-20(18)16-25/h2-6,8-11,17,21H,7,12-16,23H2,1H3,(H,24,26).